The van der Waals surface area contributed by atoms with Gasteiger partial charge in [-0.05, 0) is 26.6 Å². The molecule has 0 aliphatic heterocycles. The normalized spacial score (nSPS) is 10.7. The number of pyridine rings is 1. The molecule has 0 aliphatic carbocycles. The van der Waals surface area contributed by atoms with Crippen LogP contribution in [0.4, 0.5) is 0 Å². The van der Waals surface area contributed by atoms with E-state index in [2.05, 4.69) is 4.98 Å². The Balaban J connectivity index is 2.75. The maximum Gasteiger partial charge on any atom is 0.255 e. The minimum absolute atomic E-state index is 0.0184. The monoisotopic (exact) mass is 251 g/mol. The number of hydrogen-bond acceptors (Lipinski definition) is 4. The first-order chi connectivity index (χ1) is 8.54. The van der Waals surface area contributed by atoms with Gasteiger partial charge in [0.15, 0.2) is 0 Å². The van der Waals surface area contributed by atoms with E-state index in [4.69, 9.17) is 0 Å². The highest BCUT2D eigenvalue weighted by molar-refractivity contribution is 5.94. The Kier molecular flexibility index (Phi) is 5.58. The lowest BCUT2D eigenvalue weighted by molar-refractivity contribution is 0.0744. The van der Waals surface area contributed by atoms with E-state index < -0.39 is 0 Å². The second-order valence-corrected chi connectivity index (χ2v) is 4.53. The lowest BCUT2D eigenvalue weighted by atomic mass is 10.2. The molecular weight excluding hydrogens is 230 g/mol. The van der Waals surface area contributed by atoms with Crippen molar-refractivity contribution in [3.8, 4) is 5.75 Å². The van der Waals surface area contributed by atoms with Gasteiger partial charge in [0.05, 0.1) is 11.8 Å². The lowest BCUT2D eigenvalue weighted by Gasteiger charge is -2.23. The smallest absolute Gasteiger partial charge is 0.255 e. The quantitative estimate of drug-likeness (QED) is 0.825. The third-order valence-corrected chi connectivity index (χ3v) is 2.57. The number of likely N-dealkylation sites (N-methyl/N-ethyl adjacent to an activating group) is 1. The molecule has 0 saturated carbocycles. The Labute approximate surface area is 108 Å². The van der Waals surface area contributed by atoms with Gasteiger partial charge in [0, 0.05) is 25.8 Å². The van der Waals surface area contributed by atoms with Gasteiger partial charge in [-0.1, -0.05) is 6.92 Å². The SMILES string of the molecule is CCCN(CCN(C)C)C(=O)c1cncc(O)c1. The predicted octanol–water partition coefficient (Wildman–Crippen LogP) is 1.20. The summed E-state index contributed by atoms with van der Waals surface area (Å²) in [4.78, 5) is 19.9. The number of hydrogen-bond donors (Lipinski definition) is 1. The Hall–Kier alpha value is -1.62. The molecule has 0 aliphatic rings. The van der Waals surface area contributed by atoms with Crippen LogP contribution in [-0.4, -0.2) is 59.5 Å². The van der Waals surface area contributed by atoms with E-state index in [9.17, 15) is 9.90 Å². The summed E-state index contributed by atoms with van der Waals surface area (Å²) in [6.45, 7) is 4.24. The third kappa shape index (κ3) is 4.33. The van der Waals surface area contributed by atoms with Gasteiger partial charge < -0.3 is 14.9 Å². The van der Waals surface area contributed by atoms with Gasteiger partial charge in [-0.3, -0.25) is 9.78 Å². The van der Waals surface area contributed by atoms with Crippen LogP contribution in [0, 0.1) is 0 Å². The Morgan fingerprint density at radius 1 is 1.28 bits per heavy atom. The molecular formula is C13H21N3O2. The van der Waals surface area contributed by atoms with Gasteiger partial charge in [-0.25, -0.2) is 0 Å². The van der Waals surface area contributed by atoms with Crippen LogP contribution in [0.2, 0.25) is 0 Å². The molecule has 0 aromatic carbocycles. The molecule has 1 aromatic heterocycles. The number of rotatable bonds is 6. The van der Waals surface area contributed by atoms with Crippen molar-refractivity contribution in [1.82, 2.24) is 14.8 Å². The summed E-state index contributed by atoms with van der Waals surface area (Å²) in [6.07, 6.45) is 3.71. The van der Waals surface area contributed by atoms with Crippen LogP contribution in [0.15, 0.2) is 18.5 Å². The van der Waals surface area contributed by atoms with E-state index >= 15 is 0 Å². The molecule has 1 N–H and O–H groups in total. The molecule has 5 nitrogen and oxygen atoms in total. The molecule has 0 atom stereocenters. The second kappa shape index (κ2) is 6.96. The Morgan fingerprint density at radius 3 is 2.56 bits per heavy atom. The topological polar surface area (TPSA) is 56.7 Å². The van der Waals surface area contributed by atoms with Crippen LogP contribution in [0.5, 0.6) is 5.75 Å². The van der Waals surface area contributed by atoms with Crippen LogP contribution in [0.1, 0.15) is 23.7 Å². The van der Waals surface area contributed by atoms with Crippen LogP contribution in [-0.2, 0) is 0 Å². The van der Waals surface area contributed by atoms with Gasteiger partial charge in [0.1, 0.15) is 5.75 Å². The molecule has 0 unspecified atom stereocenters. The zero-order valence-electron chi connectivity index (χ0n) is 11.3. The summed E-state index contributed by atoms with van der Waals surface area (Å²) < 4.78 is 0. The van der Waals surface area contributed by atoms with Crippen molar-refractivity contribution in [2.24, 2.45) is 0 Å². The fourth-order valence-electron chi connectivity index (χ4n) is 1.63. The van der Waals surface area contributed by atoms with Gasteiger partial charge in [0.25, 0.3) is 5.91 Å². The molecule has 0 fully saturated rings. The first-order valence-electron chi connectivity index (χ1n) is 6.12. The number of nitrogens with zero attached hydrogens (tertiary/aromatic N) is 3. The highest BCUT2D eigenvalue weighted by Crippen LogP contribution is 2.11. The minimum Gasteiger partial charge on any atom is -0.506 e. The van der Waals surface area contributed by atoms with Crippen molar-refractivity contribution in [3.05, 3.63) is 24.0 Å². The summed E-state index contributed by atoms with van der Waals surface area (Å²) in [7, 11) is 3.95. The Morgan fingerprint density at radius 2 is 2.00 bits per heavy atom. The van der Waals surface area contributed by atoms with Crippen molar-refractivity contribution >= 4 is 5.91 Å². The molecule has 1 aromatic rings. The summed E-state index contributed by atoms with van der Waals surface area (Å²) in [5, 5.41) is 9.35. The van der Waals surface area contributed by atoms with Crippen molar-refractivity contribution < 1.29 is 9.90 Å². The molecule has 0 spiro atoms. The average molecular weight is 251 g/mol. The molecule has 100 valence electrons. The standard InChI is InChI=1S/C13H21N3O2/c1-4-5-16(7-6-15(2)3)13(18)11-8-12(17)10-14-9-11/h8-10,17H,4-7H2,1-3H3. The predicted molar refractivity (Wildman–Crippen MR) is 70.7 cm³/mol. The summed E-state index contributed by atoms with van der Waals surface area (Å²) >= 11 is 0. The summed E-state index contributed by atoms with van der Waals surface area (Å²) in [5.41, 5.74) is 0.433. The van der Waals surface area contributed by atoms with Gasteiger partial charge >= 0.3 is 0 Å². The first kappa shape index (κ1) is 14.4. The number of amides is 1. The Bertz CT molecular complexity index is 394. The number of carbonyl (C=O) groups excluding carboxylic acids is 1. The number of aromatic nitrogens is 1. The fraction of sp³-hybridized carbons (Fsp3) is 0.538. The van der Waals surface area contributed by atoms with E-state index in [0.717, 1.165) is 13.0 Å². The van der Waals surface area contributed by atoms with E-state index in [1.807, 2.05) is 25.9 Å². The lowest BCUT2D eigenvalue weighted by Crippen LogP contribution is -2.37. The van der Waals surface area contributed by atoms with Crippen LogP contribution >= 0.6 is 0 Å². The van der Waals surface area contributed by atoms with Crippen molar-refractivity contribution in [3.63, 3.8) is 0 Å². The fourth-order valence-corrected chi connectivity index (χ4v) is 1.63. The molecule has 5 heteroatoms. The maximum atomic E-state index is 12.3. The van der Waals surface area contributed by atoms with Gasteiger partial charge in [-0.15, -0.1) is 0 Å². The molecule has 0 bridgehead atoms. The average Bonchev–Trinajstić information content (AvgIpc) is 2.33. The largest absolute Gasteiger partial charge is 0.506 e. The molecule has 0 radical (unpaired) electrons. The van der Waals surface area contributed by atoms with E-state index in [1.165, 1.54) is 18.5 Å². The van der Waals surface area contributed by atoms with Gasteiger partial charge in [-0.2, -0.15) is 0 Å². The van der Waals surface area contributed by atoms with Crippen LogP contribution in [0.3, 0.4) is 0 Å². The molecule has 18 heavy (non-hydrogen) atoms. The molecule has 1 rings (SSSR count). The highest BCUT2D eigenvalue weighted by atomic mass is 16.3. The van der Waals surface area contributed by atoms with Gasteiger partial charge in [0.2, 0.25) is 0 Å². The van der Waals surface area contributed by atoms with E-state index in [1.54, 1.807) is 4.90 Å². The summed E-state index contributed by atoms with van der Waals surface area (Å²) in [6, 6.07) is 1.45. The molecule has 0 saturated heterocycles. The first-order valence-corrected chi connectivity index (χ1v) is 6.12. The number of carbonyl (C=O) groups is 1. The van der Waals surface area contributed by atoms with Crippen molar-refractivity contribution in [1.29, 1.82) is 0 Å². The minimum atomic E-state index is -0.0814. The van der Waals surface area contributed by atoms with Crippen molar-refractivity contribution in [2.45, 2.75) is 13.3 Å². The molecule has 1 amide bonds. The van der Waals surface area contributed by atoms with Crippen LogP contribution in [0.25, 0.3) is 0 Å². The van der Waals surface area contributed by atoms with E-state index in [-0.39, 0.29) is 11.7 Å². The number of aromatic hydroxyl groups is 1. The zero-order chi connectivity index (χ0) is 13.5. The molecule has 1 heterocycles. The third-order valence-electron chi connectivity index (χ3n) is 2.57. The van der Waals surface area contributed by atoms with E-state index in [0.29, 0.717) is 18.7 Å². The maximum absolute atomic E-state index is 12.3. The van der Waals surface area contributed by atoms with Crippen molar-refractivity contribution in [2.75, 3.05) is 33.7 Å². The second-order valence-electron chi connectivity index (χ2n) is 4.53. The zero-order valence-corrected chi connectivity index (χ0v) is 11.3. The highest BCUT2D eigenvalue weighted by Gasteiger charge is 2.15. The summed E-state index contributed by atoms with van der Waals surface area (Å²) in [5.74, 6) is -0.0630. The van der Waals surface area contributed by atoms with Crippen LogP contribution < -0.4 is 0 Å².